The monoisotopic (exact) mass is 331 g/mol. The summed E-state index contributed by atoms with van der Waals surface area (Å²) in [4.78, 5) is 35.1. The lowest BCUT2D eigenvalue weighted by Crippen LogP contribution is -2.43. The first-order valence-corrected chi connectivity index (χ1v) is 6.86. The van der Waals surface area contributed by atoms with Gasteiger partial charge in [0.1, 0.15) is 5.97 Å². The molecule has 0 bridgehead atoms. The van der Waals surface area contributed by atoms with Gasteiger partial charge in [-0.3, -0.25) is 9.59 Å². The molecule has 1 aliphatic rings. The number of alkyl halides is 2. The molecule has 2 aromatic carbocycles. The number of fused-ring (bicyclic) bond motifs is 2. The van der Waals surface area contributed by atoms with Crippen LogP contribution in [-0.4, -0.2) is 23.6 Å². The maximum atomic E-state index is 12.9. The largest absolute Gasteiger partial charge is 0.542 e. The number of carbonyl (C=O) groups is 3. The first kappa shape index (κ1) is 15.9. The van der Waals surface area contributed by atoms with Gasteiger partial charge in [0.05, 0.1) is 6.61 Å². The predicted molar refractivity (Wildman–Crippen MR) is 74.5 cm³/mol. The molecule has 7 heteroatoms. The summed E-state index contributed by atoms with van der Waals surface area (Å²) >= 11 is 0. The number of hydrogen-bond acceptors (Lipinski definition) is 5. The molecule has 0 fully saturated rings. The van der Waals surface area contributed by atoms with Crippen LogP contribution >= 0.6 is 0 Å². The fraction of sp³-hybridized carbons (Fsp3) is 0.118. The summed E-state index contributed by atoms with van der Waals surface area (Å²) in [5.74, 6) is -3.40. The highest BCUT2D eigenvalue weighted by Gasteiger charge is 2.33. The molecule has 0 saturated heterocycles. The van der Waals surface area contributed by atoms with E-state index in [1.165, 1.54) is 30.3 Å². The number of halogens is 2. The minimum Gasteiger partial charge on any atom is -0.542 e. The highest BCUT2D eigenvalue weighted by atomic mass is 19.3. The fourth-order valence-corrected chi connectivity index (χ4v) is 2.47. The molecule has 0 amide bonds. The SMILES string of the molecule is O=C1c2ccccc2C(=O)c2cc(COC(F)(F)C(=O)[O-])ccc21. The Hall–Kier alpha value is -2.93. The zero-order valence-electron chi connectivity index (χ0n) is 12.0. The summed E-state index contributed by atoms with van der Waals surface area (Å²) in [5.41, 5.74) is 0.872. The number of benzene rings is 2. The second-order valence-electron chi connectivity index (χ2n) is 5.18. The average Bonchev–Trinajstić information content (AvgIpc) is 2.57. The van der Waals surface area contributed by atoms with Crippen molar-refractivity contribution in [3.63, 3.8) is 0 Å². The third-order valence-corrected chi connectivity index (χ3v) is 3.65. The molecular formula is C17H9F2O5-. The van der Waals surface area contributed by atoms with Crippen molar-refractivity contribution in [3.05, 3.63) is 70.3 Å². The van der Waals surface area contributed by atoms with Crippen molar-refractivity contribution in [2.24, 2.45) is 0 Å². The molecule has 0 aliphatic heterocycles. The third kappa shape index (κ3) is 2.59. The van der Waals surface area contributed by atoms with Crippen LogP contribution in [-0.2, 0) is 16.1 Å². The smallest absolute Gasteiger partial charge is 0.397 e. The van der Waals surface area contributed by atoms with Gasteiger partial charge in [0.25, 0.3) is 0 Å². The molecule has 0 spiro atoms. The van der Waals surface area contributed by atoms with Crippen LogP contribution < -0.4 is 5.11 Å². The molecule has 0 atom stereocenters. The third-order valence-electron chi connectivity index (χ3n) is 3.65. The molecule has 0 radical (unpaired) electrons. The summed E-state index contributed by atoms with van der Waals surface area (Å²) in [6.07, 6.45) is -4.44. The van der Waals surface area contributed by atoms with Crippen molar-refractivity contribution in [2.45, 2.75) is 12.7 Å². The molecule has 2 aromatic rings. The van der Waals surface area contributed by atoms with Crippen molar-refractivity contribution in [2.75, 3.05) is 0 Å². The van der Waals surface area contributed by atoms with Crippen molar-refractivity contribution >= 4 is 17.5 Å². The van der Waals surface area contributed by atoms with E-state index in [0.29, 0.717) is 0 Å². The Morgan fingerprint density at radius 1 is 0.958 bits per heavy atom. The molecule has 1 aliphatic carbocycles. The van der Waals surface area contributed by atoms with Crippen LogP contribution in [0.3, 0.4) is 0 Å². The van der Waals surface area contributed by atoms with Gasteiger partial charge < -0.3 is 14.6 Å². The maximum absolute atomic E-state index is 12.9. The topological polar surface area (TPSA) is 83.5 Å². The Balaban J connectivity index is 1.93. The van der Waals surface area contributed by atoms with E-state index < -0.39 is 24.5 Å². The van der Waals surface area contributed by atoms with Crippen LogP contribution in [0, 0.1) is 0 Å². The first-order valence-electron chi connectivity index (χ1n) is 6.86. The lowest BCUT2D eigenvalue weighted by atomic mass is 9.83. The lowest BCUT2D eigenvalue weighted by molar-refractivity contribution is -0.364. The normalized spacial score (nSPS) is 13.4. The Morgan fingerprint density at radius 3 is 2.08 bits per heavy atom. The fourth-order valence-electron chi connectivity index (χ4n) is 2.47. The van der Waals surface area contributed by atoms with Crippen molar-refractivity contribution in [1.29, 1.82) is 0 Å². The van der Waals surface area contributed by atoms with Gasteiger partial charge >= 0.3 is 6.11 Å². The molecule has 0 N–H and O–H groups in total. The molecule has 24 heavy (non-hydrogen) atoms. The van der Waals surface area contributed by atoms with Crippen LogP contribution in [0.2, 0.25) is 0 Å². The number of carboxylic acid groups (broad SMARTS) is 1. The summed E-state index contributed by atoms with van der Waals surface area (Å²) in [6, 6.07) is 10.2. The number of carboxylic acids is 1. The highest BCUT2D eigenvalue weighted by Crippen LogP contribution is 2.28. The van der Waals surface area contributed by atoms with Gasteiger partial charge in [-0.2, -0.15) is 8.78 Å². The molecular weight excluding hydrogens is 322 g/mol. The number of hydrogen-bond donors (Lipinski definition) is 0. The summed E-state index contributed by atoms with van der Waals surface area (Å²) in [5, 5.41) is 10.2. The van der Waals surface area contributed by atoms with Crippen LogP contribution in [0.15, 0.2) is 42.5 Å². The molecule has 0 aromatic heterocycles. The number of rotatable bonds is 4. The van der Waals surface area contributed by atoms with Crippen LogP contribution in [0.4, 0.5) is 8.78 Å². The van der Waals surface area contributed by atoms with E-state index >= 15 is 0 Å². The molecule has 0 heterocycles. The van der Waals surface area contributed by atoms with Gasteiger partial charge in [-0.05, 0) is 17.7 Å². The Kier molecular flexibility index (Phi) is 3.73. The second-order valence-corrected chi connectivity index (χ2v) is 5.18. The van der Waals surface area contributed by atoms with Crippen LogP contribution in [0.1, 0.15) is 37.4 Å². The average molecular weight is 331 g/mol. The zero-order valence-corrected chi connectivity index (χ0v) is 12.0. The van der Waals surface area contributed by atoms with E-state index in [1.54, 1.807) is 12.1 Å². The van der Waals surface area contributed by atoms with Gasteiger partial charge in [0.2, 0.25) is 0 Å². The van der Waals surface area contributed by atoms with Crippen LogP contribution in [0.25, 0.3) is 0 Å². The number of carbonyl (C=O) groups excluding carboxylic acids is 3. The van der Waals surface area contributed by atoms with E-state index in [1.807, 2.05) is 0 Å². The second kappa shape index (κ2) is 5.61. The minimum absolute atomic E-state index is 0.0663. The standard InChI is InChI=1S/C17H10F2O5/c18-17(19,16(22)23)24-8-9-5-6-12-13(7-9)15(21)11-4-2-1-3-10(11)14(12)20/h1-7H,8H2,(H,22,23)/p-1. The molecule has 3 rings (SSSR count). The van der Waals surface area contributed by atoms with Crippen molar-refractivity contribution < 1.29 is 33.0 Å². The molecule has 0 unspecified atom stereocenters. The van der Waals surface area contributed by atoms with Gasteiger partial charge in [0, 0.05) is 22.3 Å². The van der Waals surface area contributed by atoms with E-state index in [-0.39, 0.29) is 33.6 Å². The highest BCUT2D eigenvalue weighted by molar-refractivity contribution is 6.28. The molecule has 122 valence electrons. The van der Waals surface area contributed by atoms with Crippen LogP contribution in [0.5, 0.6) is 0 Å². The maximum Gasteiger partial charge on any atom is 0.397 e. The Morgan fingerprint density at radius 2 is 1.50 bits per heavy atom. The van der Waals surface area contributed by atoms with Gasteiger partial charge in [-0.1, -0.05) is 30.3 Å². The quantitative estimate of drug-likeness (QED) is 0.720. The number of aliphatic carboxylic acids is 1. The minimum atomic E-state index is -4.44. The Labute approximate surface area is 134 Å². The van der Waals surface area contributed by atoms with Crippen molar-refractivity contribution in [1.82, 2.24) is 0 Å². The van der Waals surface area contributed by atoms with Gasteiger partial charge in [-0.15, -0.1) is 0 Å². The zero-order chi connectivity index (χ0) is 17.5. The summed E-state index contributed by atoms with van der Waals surface area (Å²) < 4.78 is 29.8. The molecule has 0 saturated carbocycles. The van der Waals surface area contributed by atoms with Gasteiger partial charge in [-0.25, -0.2) is 0 Å². The number of ether oxygens (including phenoxy) is 1. The van der Waals surface area contributed by atoms with Crippen molar-refractivity contribution in [3.8, 4) is 0 Å². The van der Waals surface area contributed by atoms with Gasteiger partial charge in [0.15, 0.2) is 11.6 Å². The first-order chi connectivity index (χ1) is 11.3. The van der Waals surface area contributed by atoms with E-state index in [4.69, 9.17) is 0 Å². The summed E-state index contributed by atoms with van der Waals surface area (Å²) in [6.45, 7) is -0.753. The lowest BCUT2D eigenvalue weighted by Gasteiger charge is -2.20. The number of ketones is 2. The Bertz CT molecular complexity index is 873. The molecule has 5 nitrogen and oxygen atoms in total. The predicted octanol–water partition coefficient (Wildman–Crippen LogP) is 1.32. The van der Waals surface area contributed by atoms with E-state index in [9.17, 15) is 28.3 Å². The summed E-state index contributed by atoms with van der Waals surface area (Å²) in [7, 11) is 0. The van der Waals surface area contributed by atoms with E-state index in [0.717, 1.165) is 0 Å². The van der Waals surface area contributed by atoms with E-state index in [2.05, 4.69) is 4.74 Å².